The summed E-state index contributed by atoms with van der Waals surface area (Å²) in [7, 11) is 0. The van der Waals surface area contributed by atoms with Crippen molar-refractivity contribution in [2.45, 2.75) is 45.2 Å². The molecule has 1 heterocycles. The van der Waals surface area contributed by atoms with Crippen LogP contribution < -0.4 is 5.73 Å². The molecule has 86 valence electrons. The summed E-state index contributed by atoms with van der Waals surface area (Å²) in [6.45, 7) is 8.78. The molecule has 0 bridgehead atoms. The van der Waals surface area contributed by atoms with Crippen molar-refractivity contribution < 1.29 is 4.79 Å². The van der Waals surface area contributed by atoms with Gasteiger partial charge in [-0.2, -0.15) is 0 Å². The van der Waals surface area contributed by atoms with Gasteiger partial charge in [-0.05, 0) is 32.1 Å². The zero-order valence-electron chi connectivity index (χ0n) is 9.78. The van der Waals surface area contributed by atoms with Crippen LogP contribution >= 0.6 is 0 Å². The van der Waals surface area contributed by atoms with Crippen molar-refractivity contribution in [2.75, 3.05) is 6.54 Å². The van der Waals surface area contributed by atoms with E-state index in [0.29, 0.717) is 18.4 Å². The summed E-state index contributed by atoms with van der Waals surface area (Å²) in [6.07, 6.45) is 4.58. The third-order valence-electron chi connectivity index (χ3n) is 3.39. The molecule has 0 aliphatic carbocycles. The molecule has 1 rings (SSSR count). The van der Waals surface area contributed by atoms with Crippen molar-refractivity contribution in [3.05, 3.63) is 12.7 Å². The minimum absolute atomic E-state index is 0.0777. The molecule has 0 aromatic heterocycles. The van der Waals surface area contributed by atoms with Gasteiger partial charge in [0.25, 0.3) is 0 Å². The van der Waals surface area contributed by atoms with Crippen molar-refractivity contribution in [3.8, 4) is 0 Å². The molecule has 1 saturated heterocycles. The van der Waals surface area contributed by atoms with Crippen LogP contribution in [0.3, 0.4) is 0 Å². The molecule has 0 aromatic carbocycles. The highest BCUT2D eigenvalue weighted by atomic mass is 16.2. The Morgan fingerprint density at radius 3 is 2.93 bits per heavy atom. The van der Waals surface area contributed by atoms with E-state index in [1.54, 1.807) is 6.08 Å². The van der Waals surface area contributed by atoms with E-state index in [0.717, 1.165) is 13.0 Å². The van der Waals surface area contributed by atoms with E-state index < -0.39 is 6.04 Å². The molecule has 1 aliphatic rings. The minimum Gasteiger partial charge on any atom is -0.338 e. The molecule has 1 aliphatic heterocycles. The number of nitrogens with zero attached hydrogens (tertiary/aromatic N) is 1. The Hall–Kier alpha value is -0.830. The summed E-state index contributed by atoms with van der Waals surface area (Å²) in [4.78, 5) is 13.9. The molecule has 1 fully saturated rings. The van der Waals surface area contributed by atoms with E-state index in [-0.39, 0.29) is 5.91 Å². The zero-order valence-corrected chi connectivity index (χ0v) is 9.78. The van der Waals surface area contributed by atoms with Gasteiger partial charge in [0.2, 0.25) is 5.91 Å². The van der Waals surface area contributed by atoms with Gasteiger partial charge in [-0.15, -0.1) is 6.58 Å². The van der Waals surface area contributed by atoms with E-state index in [2.05, 4.69) is 20.4 Å². The third-order valence-corrected chi connectivity index (χ3v) is 3.39. The standard InChI is InChI=1S/C12H22N2O/c1-4-6-11(13)12(15)14-8-5-7-9(2)10(14)3/h4,9-11H,1,5-8,13H2,2-3H3. The molecule has 0 saturated carbocycles. The second-order valence-electron chi connectivity index (χ2n) is 4.52. The lowest BCUT2D eigenvalue weighted by Gasteiger charge is -2.39. The first-order valence-corrected chi connectivity index (χ1v) is 5.75. The number of piperidine rings is 1. The maximum atomic E-state index is 12.0. The first kappa shape index (κ1) is 12.2. The van der Waals surface area contributed by atoms with E-state index in [4.69, 9.17) is 5.73 Å². The number of hydrogen-bond donors (Lipinski definition) is 1. The van der Waals surface area contributed by atoms with Crippen LogP contribution in [0.15, 0.2) is 12.7 Å². The van der Waals surface area contributed by atoms with Crippen LogP contribution in [-0.2, 0) is 4.79 Å². The maximum Gasteiger partial charge on any atom is 0.240 e. The maximum absolute atomic E-state index is 12.0. The average Bonchev–Trinajstić information content (AvgIpc) is 2.21. The Balaban J connectivity index is 2.61. The Labute approximate surface area is 92.3 Å². The smallest absolute Gasteiger partial charge is 0.240 e. The van der Waals surface area contributed by atoms with E-state index in [9.17, 15) is 4.79 Å². The van der Waals surface area contributed by atoms with Gasteiger partial charge >= 0.3 is 0 Å². The SMILES string of the molecule is C=CCC(N)C(=O)N1CCCC(C)C1C. The predicted molar refractivity (Wildman–Crippen MR) is 62.4 cm³/mol. The van der Waals surface area contributed by atoms with Crippen LogP contribution in [0.5, 0.6) is 0 Å². The van der Waals surface area contributed by atoms with Gasteiger partial charge in [-0.3, -0.25) is 4.79 Å². The van der Waals surface area contributed by atoms with E-state index in [1.165, 1.54) is 6.42 Å². The summed E-state index contributed by atoms with van der Waals surface area (Å²) < 4.78 is 0. The monoisotopic (exact) mass is 210 g/mol. The first-order chi connectivity index (χ1) is 7.07. The van der Waals surface area contributed by atoms with Gasteiger partial charge in [-0.1, -0.05) is 13.0 Å². The molecule has 0 spiro atoms. The Bertz CT molecular complexity index is 240. The van der Waals surface area contributed by atoms with Crippen LogP contribution in [0.2, 0.25) is 0 Å². The Morgan fingerprint density at radius 2 is 2.33 bits per heavy atom. The van der Waals surface area contributed by atoms with Crippen molar-refractivity contribution in [2.24, 2.45) is 11.7 Å². The second-order valence-corrected chi connectivity index (χ2v) is 4.52. The van der Waals surface area contributed by atoms with Crippen molar-refractivity contribution in [1.29, 1.82) is 0 Å². The third kappa shape index (κ3) is 2.81. The summed E-state index contributed by atoms with van der Waals surface area (Å²) >= 11 is 0. The highest BCUT2D eigenvalue weighted by molar-refractivity contribution is 5.82. The van der Waals surface area contributed by atoms with Crippen molar-refractivity contribution in [1.82, 2.24) is 4.90 Å². The topological polar surface area (TPSA) is 46.3 Å². The number of rotatable bonds is 3. The summed E-state index contributed by atoms with van der Waals surface area (Å²) in [6, 6.07) is -0.0858. The van der Waals surface area contributed by atoms with Crippen LogP contribution in [0.1, 0.15) is 33.1 Å². The molecule has 15 heavy (non-hydrogen) atoms. The summed E-state index contributed by atoms with van der Waals surface area (Å²) in [5, 5.41) is 0. The van der Waals surface area contributed by atoms with E-state index >= 15 is 0 Å². The summed E-state index contributed by atoms with van der Waals surface area (Å²) in [5.41, 5.74) is 5.80. The molecule has 0 aromatic rings. The lowest BCUT2D eigenvalue weighted by atomic mass is 9.91. The lowest BCUT2D eigenvalue weighted by Crippen LogP contribution is -2.52. The van der Waals surface area contributed by atoms with Gasteiger partial charge in [0.15, 0.2) is 0 Å². The largest absolute Gasteiger partial charge is 0.338 e. The fourth-order valence-corrected chi connectivity index (χ4v) is 2.14. The molecule has 3 unspecified atom stereocenters. The van der Waals surface area contributed by atoms with Gasteiger partial charge in [0, 0.05) is 12.6 Å². The Kier molecular flexibility index (Phi) is 4.33. The fourth-order valence-electron chi connectivity index (χ4n) is 2.14. The Morgan fingerprint density at radius 1 is 1.67 bits per heavy atom. The molecule has 2 N–H and O–H groups in total. The molecule has 0 radical (unpaired) electrons. The normalized spacial score (nSPS) is 28.6. The van der Waals surface area contributed by atoms with E-state index in [1.807, 2.05) is 4.90 Å². The van der Waals surface area contributed by atoms with Gasteiger partial charge in [0.1, 0.15) is 0 Å². The number of hydrogen-bond acceptors (Lipinski definition) is 2. The van der Waals surface area contributed by atoms with Crippen LogP contribution in [0.4, 0.5) is 0 Å². The molecule has 3 heteroatoms. The fraction of sp³-hybridized carbons (Fsp3) is 0.750. The predicted octanol–water partition coefficient (Wildman–Crippen LogP) is 1.54. The number of nitrogens with two attached hydrogens (primary N) is 1. The summed E-state index contributed by atoms with van der Waals surface area (Å²) in [5.74, 6) is 0.660. The number of amides is 1. The molecule has 1 amide bonds. The lowest BCUT2D eigenvalue weighted by molar-refractivity contribution is -0.137. The molecular formula is C12H22N2O. The van der Waals surface area contributed by atoms with Crippen molar-refractivity contribution in [3.63, 3.8) is 0 Å². The first-order valence-electron chi connectivity index (χ1n) is 5.75. The second kappa shape index (κ2) is 5.31. The van der Waals surface area contributed by atoms with Gasteiger partial charge < -0.3 is 10.6 Å². The highest BCUT2D eigenvalue weighted by Crippen LogP contribution is 2.23. The van der Waals surface area contributed by atoms with Gasteiger partial charge in [0.05, 0.1) is 6.04 Å². The highest BCUT2D eigenvalue weighted by Gasteiger charge is 2.30. The zero-order chi connectivity index (χ0) is 11.4. The minimum atomic E-state index is -0.407. The van der Waals surface area contributed by atoms with Crippen LogP contribution in [0, 0.1) is 5.92 Å². The molecule has 3 atom stereocenters. The number of likely N-dealkylation sites (tertiary alicyclic amines) is 1. The average molecular weight is 210 g/mol. The quantitative estimate of drug-likeness (QED) is 0.718. The number of carbonyl (C=O) groups excluding carboxylic acids is 1. The molecule has 3 nitrogen and oxygen atoms in total. The van der Waals surface area contributed by atoms with Gasteiger partial charge in [-0.25, -0.2) is 0 Å². The van der Waals surface area contributed by atoms with Crippen molar-refractivity contribution >= 4 is 5.91 Å². The van der Waals surface area contributed by atoms with Crippen LogP contribution in [0.25, 0.3) is 0 Å². The molecular weight excluding hydrogens is 188 g/mol. The number of carbonyl (C=O) groups is 1. The van der Waals surface area contributed by atoms with Crippen LogP contribution in [-0.4, -0.2) is 29.4 Å².